The van der Waals surface area contributed by atoms with Crippen molar-refractivity contribution in [3.8, 4) is 0 Å². The molecule has 0 bridgehead atoms. The summed E-state index contributed by atoms with van der Waals surface area (Å²) in [5.74, 6) is -0.325. The second-order valence-corrected chi connectivity index (χ2v) is 14.2. The summed E-state index contributed by atoms with van der Waals surface area (Å²) in [4.78, 5) is 12.4. The third kappa shape index (κ3) is 34.4. The standard InChI is InChI=1S/C43H81NO4/c1-3-5-7-9-11-13-15-17-18-19-20-21-22-23-24-25-26-28-30-32-34-36-40(46)38-43(48)44-41(39-45)42(47)37-35-33-31-29-27-16-14-12-10-8-6-4-2/h20-21,23-24,35,37,40-42,45-47H,3-19,22,25-34,36,38-39H2,1-2H3,(H,44,48)/b21-20-,24-23-,37-35+. The lowest BCUT2D eigenvalue weighted by molar-refractivity contribution is -0.124. The number of allylic oxidation sites excluding steroid dienone is 5. The molecule has 4 N–H and O–H groups in total. The van der Waals surface area contributed by atoms with Crippen LogP contribution in [-0.4, -0.2) is 46.1 Å². The van der Waals surface area contributed by atoms with Gasteiger partial charge in [0, 0.05) is 0 Å². The van der Waals surface area contributed by atoms with Gasteiger partial charge >= 0.3 is 0 Å². The zero-order valence-electron chi connectivity index (χ0n) is 31.9. The lowest BCUT2D eigenvalue weighted by Gasteiger charge is -2.21. The molecule has 0 spiro atoms. The zero-order valence-corrected chi connectivity index (χ0v) is 31.9. The highest BCUT2D eigenvalue weighted by Crippen LogP contribution is 2.14. The van der Waals surface area contributed by atoms with Gasteiger partial charge in [0.1, 0.15) is 0 Å². The van der Waals surface area contributed by atoms with Crippen LogP contribution in [0, 0.1) is 0 Å². The van der Waals surface area contributed by atoms with Crippen molar-refractivity contribution in [2.75, 3.05) is 6.61 Å². The van der Waals surface area contributed by atoms with Gasteiger partial charge in [-0.25, -0.2) is 0 Å². The number of amides is 1. The van der Waals surface area contributed by atoms with Crippen LogP contribution in [0.1, 0.15) is 206 Å². The Labute approximate surface area is 298 Å². The maximum atomic E-state index is 12.4. The van der Waals surface area contributed by atoms with Crippen molar-refractivity contribution in [2.45, 2.75) is 225 Å². The quantitative estimate of drug-likeness (QED) is 0.0390. The van der Waals surface area contributed by atoms with Crippen LogP contribution < -0.4 is 5.32 Å². The summed E-state index contributed by atoms with van der Waals surface area (Å²) in [5, 5.41) is 33.1. The van der Waals surface area contributed by atoms with Gasteiger partial charge in [0.05, 0.1) is 31.3 Å². The number of aliphatic hydroxyl groups excluding tert-OH is 3. The van der Waals surface area contributed by atoms with Crippen molar-refractivity contribution in [1.29, 1.82) is 0 Å². The summed E-state index contributed by atoms with van der Waals surface area (Å²) < 4.78 is 0. The molecular weight excluding hydrogens is 594 g/mol. The molecule has 5 nitrogen and oxygen atoms in total. The molecule has 5 heteroatoms. The van der Waals surface area contributed by atoms with Crippen molar-refractivity contribution in [3.05, 3.63) is 36.5 Å². The highest BCUT2D eigenvalue weighted by Gasteiger charge is 2.20. The molecule has 0 rings (SSSR count). The molecule has 0 aromatic rings. The summed E-state index contributed by atoms with van der Waals surface area (Å²) in [6, 6.07) is -0.747. The number of carbonyl (C=O) groups is 1. The SMILES string of the molecule is CCCCCCCCCCC/C=C\C/C=C\CCCCCCCC(O)CC(=O)NC(CO)C(O)/C=C/CCCCCCCCCCCC. The molecule has 48 heavy (non-hydrogen) atoms. The largest absolute Gasteiger partial charge is 0.394 e. The van der Waals surface area contributed by atoms with Gasteiger partial charge in [0.2, 0.25) is 5.91 Å². The molecular formula is C43H81NO4. The van der Waals surface area contributed by atoms with Crippen molar-refractivity contribution in [2.24, 2.45) is 0 Å². The van der Waals surface area contributed by atoms with E-state index in [1.807, 2.05) is 6.08 Å². The average molecular weight is 676 g/mol. The van der Waals surface area contributed by atoms with E-state index in [4.69, 9.17) is 0 Å². The van der Waals surface area contributed by atoms with Crippen molar-refractivity contribution in [3.63, 3.8) is 0 Å². The maximum absolute atomic E-state index is 12.4. The molecule has 1 amide bonds. The zero-order chi connectivity index (χ0) is 35.2. The topological polar surface area (TPSA) is 89.8 Å². The molecule has 0 radical (unpaired) electrons. The second-order valence-electron chi connectivity index (χ2n) is 14.2. The van der Waals surface area contributed by atoms with E-state index in [2.05, 4.69) is 43.5 Å². The van der Waals surface area contributed by atoms with Crippen molar-refractivity contribution < 1.29 is 20.1 Å². The van der Waals surface area contributed by atoms with E-state index in [0.717, 1.165) is 44.9 Å². The molecule has 0 aromatic heterocycles. The molecule has 0 aliphatic rings. The van der Waals surface area contributed by atoms with Gasteiger partial charge in [0.25, 0.3) is 0 Å². The number of hydrogen-bond donors (Lipinski definition) is 4. The fourth-order valence-corrected chi connectivity index (χ4v) is 6.19. The minimum atomic E-state index is -0.931. The van der Waals surface area contributed by atoms with E-state index >= 15 is 0 Å². The van der Waals surface area contributed by atoms with Gasteiger partial charge in [-0.2, -0.15) is 0 Å². The van der Waals surface area contributed by atoms with E-state index in [0.29, 0.717) is 6.42 Å². The second kappa shape index (κ2) is 38.4. The number of unbranched alkanes of at least 4 members (excludes halogenated alkanes) is 24. The summed E-state index contributed by atoms with van der Waals surface area (Å²) >= 11 is 0. The van der Waals surface area contributed by atoms with Crippen LogP contribution >= 0.6 is 0 Å². The lowest BCUT2D eigenvalue weighted by Crippen LogP contribution is -2.45. The minimum Gasteiger partial charge on any atom is -0.394 e. The molecule has 0 aliphatic heterocycles. The highest BCUT2D eigenvalue weighted by atomic mass is 16.3. The van der Waals surface area contributed by atoms with E-state index < -0.39 is 18.2 Å². The molecule has 0 saturated carbocycles. The van der Waals surface area contributed by atoms with Crippen LogP contribution in [0.5, 0.6) is 0 Å². The van der Waals surface area contributed by atoms with E-state index in [1.165, 1.54) is 135 Å². The molecule has 0 saturated heterocycles. The van der Waals surface area contributed by atoms with Crippen LogP contribution in [0.15, 0.2) is 36.5 Å². The Morgan fingerprint density at radius 2 is 0.938 bits per heavy atom. The van der Waals surface area contributed by atoms with E-state index in [9.17, 15) is 20.1 Å². The predicted molar refractivity (Wildman–Crippen MR) is 208 cm³/mol. The third-order valence-corrected chi connectivity index (χ3v) is 9.42. The van der Waals surface area contributed by atoms with E-state index in [-0.39, 0.29) is 18.9 Å². The summed E-state index contributed by atoms with van der Waals surface area (Å²) in [7, 11) is 0. The van der Waals surface area contributed by atoms with E-state index in [1.54, 1.807) is 6.08 Å². The molecule has 3 unspecified atom stereocenters. The molecule has 282 valence electrons. The van der Waals surface area contributed by atoms with Gasteiger partial charge in [-0.1, -0.05) is 185 Å². The first-order chi connectivity index (χ1) is 23.5. The monoisotopic (exact) mass is 676 g/mol. The number of nitrogens with one attached hydrogen (secondary N) is 1. The Morgan fingerprint density at radius 1 is 0.542 bits per heavy atom. The Bertz CT molecular complexity index is 749. The average Bonchev–Trinajstić information content (AvgIpc) is 3.08. The molecule has 0 aliphatic carbocycles. The Balaban J connectivity index is 3.70. The minimum absolute atomic E-state index is 0.00394. The highest BCUT2D eigenvalue weighted by molar-refractivity contribution is 5.76. The van der Waals surface area contributed by atoms with Crippen LogP contribution in [0.3, 0.4) is 0 Å². The fraction of sp³-hybridized carbons (Fsp3) is 0.837. The summed E-state index contributed by atoms with van der Waals surface area (Å²) in [5.41, 5.74) is 0. The number of carbonyl (C=O) groups excluding carboxylic acids is 1. The van der Waals surface area contributed by atoms with Gasteiger partial charge in [-0.3, -0.25) is 4.79 Å². The van der Waals surface area contributed by atoms with Gasteiger partial charge < -0.3 is 20.6 Å². The maximum Gasteiger partial charge on any atom is 0.222 e. The van der Waals surface area contributed by atoms with Gasteiger partial charge in [0.15, 0.2) is 0 Å². The van der Waals surface area contributed by atoms with Crippen LogP contribution in [0.25, 0.3) is 0 Å². The number of hydrogen-bond acceptors (Lipinski definition) is 4. The van der Waals surface area contributed by atoms with Gasteiger partial charge in [-0.15, -0.1) is 0 Å². The predicted octanol–water partition coefficient (Wildman–Crippen LogP) is 11.6. The fourth-order valence-electron chi connectivity index (χ4n) is 6.19. The number of aliphatic hydroxyl groups is 3. The molecule has 3 atom stereocenters. The first-order valence-corrected chi connectivity index (χ1v) is 20.8. The Kier molecular flexibility index (Phi) is 37.2. The first-order valence-electron chi connectivity index (χ1n) is 20.8. The lowest BCUT2D eigenvalue weighted by atomic mass is 10.0. The third-order valence-electron chi connectivity index (χ3n) is 9.42. The Hall–Kier alpha value is -1.43. The summed E-state index contributed by atoms with van der Waals surface area (Å²) in [6.07, 6.45) is 47.1. The molecule has 0 aromatic carbocycles. The van der Waals surface area contributed by atoms with Crippen LogP contribution in [0.4, 0.5) is 0 Å². The smallest absolute Gasteiger partial charge is 0.222 e. The molecule has 0 fully saturated rings. The first kappa shape index (κ1) is 46.6. The Morgan fingerprint density at radius 3 is 1.38 bits per heavy atom. The van der Waals surface area contributed by atoms with Crippen LogP contribution in [0.2, 0.25) is 0 Å². The number of rotatable bonds is 37. The summed E-state index contributed by atoms with van der Waals surface area (Å²) in [6.45, 7) is 4.19. The van der Waals surface area contributed by atoms with Crippen LogP contribution in [-0.2, 0) is 4.79 Å². The molecule has 0 heterocycles. The normalized spacial score (nSPS) is 14.0. The van der Waals surface area contributed by atoms with Crippen molar-refractivity contribution >= 4 is 5.91 Å². The van der Waals surface area contributed by atoms with Crippen molar-refractivity contribution in [1.82, 2.24) is 5.32 Å². The van der Waals surface area contributed by atoms with Gasteiger partial charge in [-0.05, 0) is 51.4 Å².